The van der Waals surface area contributed by atoms with Gasteiger partial charge in [0.1, 0.15) is 5.69 Å². The Morgan fingerprint density at radius 3 is 2.94 bits per heavy atom. The van der Waals surface area contributed by atoms with Gasteiger partial charge in [-0.25, -0.2) is 0 Å². The minimum atomic E-state index is -0.854. The summed E-state index contributed by atoms with van der Waals surface area (Å²) in [5, 5.41) is 8.90. The fraction of sp³-hybridized carbons (Fsp3) is 0.500. The van der Waals surface area contributed by atoms with Gasteiger partial charge in [-0.2, -0.15) is 11.8 Å². The van der Waals surface area contributed by atoms with Gasteiger partial charge in [-0.05, 0) is 12.1 Å². The number of carbonyl (C=O) groups is 2. The molecule has 0 unspecified atom stereocenters. The number of aryl methyl sites for hydroxylation is 1. The van der Waals surface area contributed by atoms with E-state index in [9.17, 15) is 9.59 Å². The van der Waals surface area contributed by atoms with Gasteiger partial charge in [0.05, 0.1) is 12.5 Å². The number of carboxylic acid groups (broad SMARTS) is 1. The molecule has 18 heavy (non-hydrogen) atoms. The Kier molecular flexibility index (Phi) is 3.96. The monoisotopic (exact) mass is 268 g/mol. The Morgan fingerprint density at radius 2 is 2.33 bits per heavy atom. The molecule has 2 rings (SSSR count). The van der Waals surface area contributed by atoms with E-state index in [4.69, 9.17) is 5.11 Å². The molecular weight excluding hydrogens is 252 g/mol. The van der Waals surface area contributed by atoms with Crippen molar-refractivity contribution in [1.82, 2.24) is 9.47 Å². The summed E-state index contributed by atoms with van der Waals surface area (Å²) in [6, 6.07) is 3.38. The maximum Gasteiger partial charge on any atom is 0.305 e. The lowest BCUT2D eigenvalue weighted by molar-refractivity contribution is -0.138. The Bertz CT molecular complexity index is 458. The van der Waals surface area contributed by atoms with E-state index in [0.29, 0.717) is 18.0 Å². The molecule has 0 spiro atoms. The number of aromatic nitrogens is 1. The average Bonchev–Trinajstić information content (AvgIpc) is 2.74. The van der Waals surface area contributed by atoms with E-state index in [1.165, 1.54) is 0 Å². The van der Waals surface area contributed by atoms with Gasteiger partial charge in [0.15, 0.2) is 0 Å². The first-order valence-electron chi connectivity index (χ1n) is 5.81. The first-order valence-corrected chi connectivity index (χ1v) is 6.97. The highest BCUT2D eigenvalue weighted by atomic mass is 32.2. The molecule has 2 heterocycles. The summed E-state index contributed by atoms with van der Waals surface area (Å²) in [5.74, 6) is 0.635. The lowest BCUT2D eigenvalue weighted by Crippen LogP contribution is -2.47. The highest BCUT2D eigenvalue weighted by Crippen LogP contribution is 2.21. The van der Waals surface area contributed by atoms with E-state index in [2.05, 4.69) is 0 Å². The van der Waals surface area contributed by atoms with Crippen LogP contribution in [0.2, 0.25) is 0 Å². The van der Waals surface area contributed by atoms with Gasteiger partial charge >= 0.3 is 5.97 Å². The van der Waals surface area contributed by atoms with E-state index < -0.39 is 5.97 Å². The maximum atomic E-state index is 12.4. The molecule has 5 nitrogen and oxygen atoms in total. The van der Waals surface area contributed by atoms with Crippen LogP contribution in [-0.4, -0.2) is 50.5 Å². The molecule has 0 aliphatic carbocycles. The molecule has 0 bridgehead atoms. The summed E-state index contributed by atoms with van der Waals surface area (Å²) < 4.78 is 1.77. The quantitative estimate of drug-likeness (QED) is 0.890. The SMILES string of the molecule is Cn1cccc1C(=O)N1CCSC[C@H]1CC(=O)O. The second-order valence-electron chi connectivity index (χ2n) is 4.33. The normalized spacial score (nSPS) is 19.8. The van der Waals surface area contributed by atoms with Crippen molar-refractivity contribution in [3.05, 3.63) is 24.0 Å². The van der Waals surface area contributed by atoms with Crippen LogP contribution in [0, 0.1) is 0 Å². The first kappa shape index (κ1) is 13.0. The van der Waals surface area contributed by atoms with E-state index in [0.717, 1.165) is 5.75 Å². The van der Waals surface area contributed by atoms with Crippen molar-refractivity contribution in [3.63, 3.8) is 0 Å². The third-order valence-corrected chi connectivity index (χ3v) is 4.15. The number of hydrogen-bond acceptors (Lipinski definition) is 3. The molecule has 0 radical (unpaired) electrons. The number of hydrogen-bond donors (Lipinski definition) is 1. The number of aliphatic carboxylic acids is 1. The molecule has 1 aromatic rings. The number of thioether (sulfide) groups is 1. The molecule has 1 aliphatic heterocycles. The molecule has 0 aromatic carbocycles. The van der Waals surface area contributed by atoms with E-state index in [1.807, 2.05) is 19.3 Å². The van der Waals surface area contributed by atoms with Crippen molar-refractivity contribution >= 4 is 23.6 Å². The summed E-state index contributed by atoms with van der Waals surface area (Å²) in [6.45, 7) is 0.618. The highest BCUT2D eigenvalue weighted by Gasteiger charge is 2.30. The standard InChI is InChI=1S/C12H16N2O3S/c1-13-4-2-3-10(13)12(17)14-5-6-18-8-9(14)7-11(15)16/h2-4,9H,5-8H2,1H3,(H,15,16)/t9-/m1/s1. The summed E-state index contributed by atoms with van der Waals surface area (Å²) >= 11 is 1.70. The van der Waals surface area contributed by atoms with Crippen LogP contribution in [0.25, 0.3) is 0 Å². The van der Waals surface area contributed by atoms with Crippen LogP contribution in [0.1, 0.15) is 16.9 Å². The smallest absolute Gasteiger partial charge is 0.305 e. The van der Waals surface area contributed by atoms with Crippen LogP contribution in [0.4, 0.5) is 0 Å². The zero-order chi connectivity index (χ0) is 13.1. The van der Waals surface area contributed by atoms with Gasteiger partial charge in [-0.1, -0.05) is 0 Å². The second-order valence-corrected chi connectivity index (χ2v) is 5.48. The van der Waals surface area contributed by atoms with Crippen molar-refractivity contribution in [2.24, 2.45) is 7.05 Å². The van der Waals surface area contributed by atoms with Gasteiger partial charge in [-0.3, -0.25) is 9.59 Å². The van der Waals surface area contributed by atoms with Crippen LogP contribution >= 0.6 is 11.8 Å². The topological polar surface area (TPSA) is 62.5 Å². The molecular formula is C12H16N2O3S. The predicted molar refractivity (Wildman–Crippen MR) is 69.8 cm³/mol. The minimum absolute atomic E-state index is 0.0170. The summed E-state index contributed by atoms with van der Waals surface area (Å²) in [7, 11) is 1.82. The molecule has 1 fully saturated rings. The van der Waals surface area contributed by atoms with Crippen LogP contribution < -0.4 is 0 Å². The lowest BCUT2D eigenvalue weighted by Gasteiger charge is -2.34. The third kappa shape index (κ3) is 2.69. The predicted octanol–water partition coefficient (Wildman–Crippen LogP) is 1.06. The summed E-state index contributed by atoms with van der Waals surface area (Å²) in [6.07, 6.45) is 1.83. The number of amides is 1. The largest absolute Gasteiger partial charge is 0.481 e. The Balaban J connectivity index is 2.16. The maximum absolute atomic E-state index is 12.4. The van der Waals surface area contributed by atoms with Gasteiger partial charge in [0.2, 0.25) is 0 Å². The van der Waals surface area contributed by atoms with Crippen molar-refractivity contribution < 1.29 is 14.7 Å². The molecule has 1 aliphatic rings. The number of rotatable bonds is 3. The van der Waals surface area contributed by atoms with Crippen molar-refractivity contribution in [2.75, 3.05) is 18.1 Å². The number of nitrogens with zero attached hydrogens (tertiary/aromatic N) is 2. The Labute approximate surface area is 110 Å². The number of carbonyl (C=O) groups excluding carboxylic acids is 1. The van der Waals surface area contributed by atoms with Crippen LogP contribution in [0.5, 0.6) is 0 Å². The van der Waals surface area contributed by atoms with Crippen LogP contribution in [-0.2, 0) is 11.8 Å². The molecule has 1 saturated heterocycles. The first-order chi connectivity index (χ1) is 8.59. The van der Waals surface area contributed by atoms with Gasteiger partial charge in [0, 0.05) is 31.3 Å². The molecule has 0 saturated carbocycles. The van der Waals surface area contributed by atoms with Crippen LogP contribution in [0.3, 0.4) is 0 Å². The lowest BCUT2D eigenvalue weighted by atomic mass is 10.2. The summed E-state index contributed by atoms with van der Waals surface area (Å²) in [4.78, 5) is 24.9. The number of carboxylic acids is 1. The van der Waals surface area contributed by atoms with Crippen molar-refractivity contribution in [3.8, 4) is 0 Å². The zero-order valence-corrected chi connectivity index (χ0v) is 11.0. The summed E-state index contributed by atoms with van der Waals surface area (Å²) in [5.41, 5.74) is 0.609. The van der Waals surface area contributed by atoms with Crippen molar-refractivity contribution in [1.29, 1.82) is 0 Å². The molecule has 98 valence electrons. The Hall–Kier alpha value is -1.43. The van der Waals surface area contributed by atoms with Crippen LogP contribution in [0.15, 0.2) is 18.3 Å². The highest BCUT2D eigenvalue weighted by molar-refractivity contribution is 7.99. The minimum Gasteiger partial charge on any atom is -0.481 e. The molecule has 6 heteroatoms. The molecule has 1 atom stereocenters. The molecule has 1 amide bonds. The van der Waals surface area contributed by atoms with Gasteiger partial charge in [0.25, 0.3) is 5.91 Å². The van der Waals surface area contributed by atoms with E-state index in [-0.39, 0.29) is 18.4 Å². The fourth-order valence-electron chi connectivity index (χ4n) is 2.12. The average molecular weight is 268 g/mol. The van der Waals surface area contributed by atoms with E-state index in [1.54, 1.807) is 27.3 Å². The van der Waals surface area contributed by atoms with Gasteiger partial charge in [-0.15, -0.1) is 0 Å². The van der Waals surface area contributed by atoms with Crippen molar-refractivity contribution in [2.45, 2.75) is 12.5 Å². The van der Waals surface area contributed by atoms with E-state index >= 15 is 0 Å². The third-order valence-electron chi connectivity index (χ3n) is 3.06. The zero-order valence-electron chi connectivity index (χ0n) is 10.2. The second kappa shape index (κ2) is 5.48. The fourth-order valence-corrected chi connectivity index (χ4v) is 3.19. The Morgan fingerprint density at radius 1 is 1.56 bits per heavy atom. The molecule has 1 N–H and O–H groups in total. The van der Waals surface area contributed by atoms with Gasteiger partial charge < -0.3 is 14.6 Å². The molecule has 1 aromatic heterocycles.